The van der Waals surface area contributed by atoms with E-state index >= 15 is 0 Å². The number of rotatable bonds is 4. The molecule has 0 fully saturated rings. The van der Waals surface area contributed by atoms with E-state index in [1.165, 1.54) is 49.6 Å². The highest BCUT2D eigenvalue weighted by molar-refractivity contribution is 6.22. The smallest absolute Gasteiger partial charge is 0.147 e. The van der Waals surface area contributed by atoms with Gasteiger partial charge in [0.25, 0.3) is 0 Å². The van der Waals surface area contributed by atoms with Crippen LogP contribution in [0.2, 0.25) is 0 Å². The highest BCUT2D eigenvalue weighted by atomic mass is 16.3. The highest BCUT2D eigenvalue weighted by Crippen LogP contribution is 2.42. The molecule has 51 heavy (non-hydrogen) atoms. The van der Waals surface area contributed by atoms with E-state index in [-0.39, 0.29) is 0 Å². The molecule has 11 rings (SSSR count). The molecule has 0 N–H and O–H groups in total. The zero-order valence-corrected chi connectivity index (χ0v) is 27.5. The Morgan fingerprint density at radius 1 is 0.314 bits per heavy atom. The molecular weight excluding hydrogens is 623 g/mol. The van der Waals surface area contributed by atoms with Crippen LogP contribution < -0.4 is 0 Å². The largest absolute Gasteiger partial charge is 0.456 e. The van der Waals surface area contributed by atoms with Gasteiger partial charge >= 0.3 is 0 Å². The van der Waals surface area contributed by atoms with Crippen molar-refractivity contribution in [3.8, 4) is 39.1 Å². The van der Waals surface area contributed by atoms with Crippen molar-refractivity contribution in [1.29, 1.82) is 0 Å². The Bertz CT molecular complexity index is 3010. The third-order valence-corrected chi connectivity index (χ3v) is 10.4. The van der Waals surface area contributed by atoms with E-state index in [2.05, 4.69) is 174 Å². The van der Waals surface area contributed by atoms with Crippen LogP contribution >= 0.6 is 0 Å². The zero-order valence-electron chi connectivity index (χ0n) is 27.5. The van der Waals surface area contributed by atoms with E-state index in [0.29, 0.717) is 0 Å². The molecule has 0 saturated carbocycles. The molecule has 0 saturated heterocycles. The van der Waals surface area contributed by atoms with Crippen LogP contribution in [0, 0.1) is 0 Å². The van der Waals surface area contributed by atoms with Gasteiger partial charge in [-0.25, -0.2) is 0 Å². The molecule has 3 aromatic heterocycles. The molecule has 0 spiro atoms. The van der Waals surface area contributed by atoms with Crippen molar-refractivity contribution in [3.05, 3.63) is 176 Å². The third-order valence-electron chi connectivity index (χ3n) is 10.4. The zero-order chi connectivity index (χ0) is 33.5. The van der Waals surface area contributed by atoms with Crippen molar-refractivity contribution in [2.45, 2.75) is 0 Å². The van der Waals surface area contributed by atoms with Gasteiger partial charge in [0.1, 0.15) is 22.3 Å². The fraction of sp³-hybridized carbons (Fsp3) is 0. The SMILES string of the molecule is c1ccc(-c2ccc3oc4ccc5c6cc(-n7c8ccc(-c9ccccc9)cc8c8cc(-c9ccccc9)ccc87)ccc6oc5c4c3c2)cc1. The summed E-state index contributed by atoms with van der Waals surface area (Å²) < 4.78 is 15.4. The minimum Gasteiger partial charge on any atom is -0.456 e. The molecule has 0 aliphatic carbocycles. The first-order chi connectivity index (χ1) is 25.3. The van der Waals surface area contributed by atoms with Gasteiger partial charge in [-0.2, -0.15) is 0 Å². The first kappa shape index (κ1) is 28.0. The Morgan fingerprint density at radius 2 is 0.804 bits per heavy atom. The highest BCUT2D eigenvalue weighted by Gasteiger charge is 2.19. The molecule has 0 radical (unpaired) electrons. The van der Waals surface area contributed by atoms with Gasteiger partial charge in [-0.1, -0.05) is 109 Å². The van der Waals surface area contributed by atoms with Crippen LogP contribution in [-0.4, -0.2) is 4.57 Å². The van der Waals surface area contributed by atoms with Crippen LogP contribution in [0.5, 0.6) is 0 Å². The second kappa shape index (κ2) is 10.8. The maximum atomic E-state index is 6.69. The molecule has 8 aromatic carbocycles. The second-order valence-electron chi connectivity index (χ2n) is 13.3. The van der Waals surface area contributed by atoms with Crippen molar-refractivity contribution < 1.29 is 8.83 Å². The summed E-state index contributed by atoms with van der Waals surface area (Å²) in [6.45, 7) is 0. The van der Waals surface area contributed by atoms with Gasteiger partial charge in [0.05, 0.1) is 16.4 Å². The van der Waals surface area contributed by atoms with Crippen molar-refractivity contribution in [1.82, 2.24) is 4.57 Å². The topological polar surface area (TPSA) is 31.2 Å². The fourth-order valence-electron chi connectivity index (χ4n) is 7.95. The van der Waals surface area contributed by atoms with Gasteiger partial charge in [0.15, 0.2) is 0 Å². The average Bonchev–Trinajstić information content (AvgIpc) is 3.87. The van der Waals surface area contributed by atoms with Gasteiger partial charge in [-0.15, -0.1) is 0 Å². The van der Waals surface area contributed by atoms with Crippen LogP contribution in [-0.2, 0) is 0 Å². The number of fused-ring (bicyclic) bond motifs is 10. The molecule has 0 aliphatic rings. The van der Waals surface area contributed by atoms with Gasteiger partial charge in [-0.05, 0) is 100 Å². The molecule has 0 unspecified atom stereocenters. The van der Waals surface area contributed by atoms with E-state index in [9.17, 15) is 0 Å². The number of hydrogen-bond acceptors (Lipinski definition) is 2. The van der Waals surface area contributed by atoms with Crippen LogP contribution in [0.15, 0.2) is 185 Å². The van der Waals surface area contributed by atoms with Crippen LogP contribution in [0.3, 0.4) is 0 Å². The molecule has 3 heterocycles. The molecule has 0 aliphatic heterocycles. The lowest BCUT2D eigenvalue weighted by atomic mass is 10.0. The quantitative estimate of drug-likeness (QED) is 0.190. The predicted molar refractivity (Wildman–Crippen MR) is 212 cm³/mol. The van der Waals surface area contributed by atoms with Crippen molar-refractivity contribution in [2.75, 3.05) is 0 Å². The predicted octanol–water partition coefficient (Wildman–Crippen LogP) is 13.6. The standard InChI is InChI=1S/C48H29NO2/c1-4-10-30(11-5-1)33-16-21-42-38(26-33)39-27-34(31-12-6-2-7-13-31)17-22-43(39)49(42)36-19-24-44-40(29-36)37-20-25-46-47(48(37)51-44)41-28-35(18-23-45(41)50-46)32-14-8-3-9-15-32/h1-29H. The number of benzene rings is 8. The summed E-state index contributed by atoms with van der Waals surface area (Å²) in [5.74, 6) is 0. The summed E-state index contributed by atoms with van der Waals surface area (Å²) in [5, 5.41) is 6.67. The summed E-state index contributed by atoms with van der Waals surface area (Å²) in [7, 11) is 0. The second-order valence-corrected chi connectivity index (χ2v) is 13.3. The van der Waals surface area contributed by atoms with Crippen LogP contribution in [0.25, 0.3) is 105 Å². The summed E-state index contributed by atoms with van der Waals surface area (Å²) in [6, 6.07) is 62.6. The lowest BCUT2D eigenvalue weighted by Crippen LogP contribution is -1.93. The first-order valence-corrected chi connectivity index (χ1v) is 17.3. The number of furan rings is 2. The molecule has 238 valence electrons. The molecule has 0 amide bonds. The van der Waals surface area contributed by atoms with Crippen LogP contribution in [0.1, 0.15) is 0 Å². The van der Waals surface area contributed by atoms with Crippen molar-refractivity contribution in [3.63, 3.8) is 0 Å². The lowest BCUT2D eigenvalue weighted by Gasteiger charge is -2.09. The maximum Gasteiger partial charge on any atom is 0.147 e. The summed E-state index contributed by atoms with van der Waals surface area (Å²) >= 11 is 0. The molecule has 11 aromatic rings. The van der Waals surface area contributed by atoms with Gasteiger partial charge in [0.2, 0.25) is 0 Å². The summed E-state index contributed by atoms with van der Waals surface area (Å²) in [5.41, 5.74) is 14.0. The van der Waals surface area contributed by atoms with Crippen molar-refractivity contribution in [2.24, 2.45) is 0 Å². The summed E-state index contributed by atoms with van der Waals surface area (Å²) in [4.78, 5) is 0. The Labute approximate surface area is 293 Å². The third kappa shape index (κ3) is 4.32. The minimum absolute atomic E-state index is 0.827. The van der Waals surface area contributed by atoms with E-state index in [4.69, 9.17) is 8.83 Å². The Morgan fingerprint density at radius 3 is 1.39 bits per heavy atom. The van der Waals surface area contributed by atoms with E-state index in [1.54, 1.807) is 0 Å². The molecule has 3 nitrogen and oxygen atoms in total. The van der Waals surface area contributed by atoms with Gasteiger partial charge < -0.3 is 13.4 Å². The molecule has 0 bridgehead atoms. The van der Waals surface area contributed by atoms with Gasteiger partial charge in [-0.3, -0.25) is 0 Å². The molecule has 3 heteroatoms. The summed E-state index contributed by atoms with van der Waals surface area (Å²) in [6.07, 6.45) is 0. The average molecular weight is 652 g/mol. The Hall–Kier alpha value is -6.84. The van der Waals surface area contributed by atoms with E-state index < -0.39 is 0 Å². The lowest BCUT2D eigenvalue weighted by molar-refractivity contribution is 0.663. The van der Waals surface area contributed by atoms with E-state index in [1.807, 2.05) is 6.07 Å². The van der Waals surface area contributed by atoms with E-state index in [0.717, 1.165) is 55.1 Å². The van der Waals surface area contributed by atoms with Gasteiger partial charge in [0, 0.05) is 32.6 Å². The first-order valence-electron chi connectivity index (χ1n) is 17.3. The number of nitrogens with zero attached hydrogens (tertiary/aromatic N) is 1. The normalized spacial score (nSPS) is 11.9. The maximum absolute atomic E-state index is 6.69. The van der Waals surface area contributed by atoms with Crippen LogP contribution in [0.4, 0.5) is 0 Å². The Kier molecular flexibility index (Phi) is 5.96. The Balaban J connectivity index is 1.14. The van der Waals surface area contributed by atoms with Crippen molar-refractivity contribution >= 4 is 65.7 Å². The molecule has 0 atom stereocenters. The number of aromatic nitrogens is 1. The minimum atomic E-state index is 0.827. The number of hydrogen-bond donors (Lipinski definition) is 0. The molecular formula is C48H29NO2. The monoisotopic (exact) mass is 651 g/mol. The fourth-order valence-corrected chi connectivity index (χ4v) is 7.95.